The molecule has 1 atom stereocenters. The minimum atomic E-state index is -6.18. The van der Waals surface area contributed by atoms with E-state index in [0.29, 0.717) is 45.2 Å². The summed E-state index contributed by atoms with van der Waals surface area (Å²) in [5.74, 6) is -2.99. The summed E-state index contributed by atoms with van der Waals surface area (Å²) in [6, 6.07) is 3.94. The quantitative estimate of drug-likeness (QED) is 0.161. The number of alkyl halides is 6. The average Bonchev–Trinajstić information content (AvgIpc) is 3.67. The molecule has 1 aliphatic carbocycles. The van der Waals surface area contributed by atoms with Crippen LogP contribution in [0.4, 0.5) is 55.0 Å². The van der Waals surface area contributed by atoms with E-state index in [9.17, 15) is 36.0 Å². The highest BCUT2D eigenvalue weighted by molar-refractivity contribution is 7.92. The third kappa shape index (κ3) is 7.85. The summed E-state index contributed by atoms with van der Waals surface area (Å²) in [6.07, 6.45) is -0.833. The molecular formula is C41H43F6N9O6S. The third-order valence-corrected chi connectivity index (χ3v) is 13.4. The zero-order valence-corrected chi connectivity index (χ0v) is 35.3. The van der Waals surface area contributed by atoms with E-state index in [1.807, 2.05) is 4.57 Å². The van der Waals surface area contributed by atoms with E-state index in [1.54, 1.807) is 13.0 Å². The van der Waals surface area contributed by atoms with Crippen molar-refractivity contribution in [2.24, 2.45) is 12.5 Å². The molecule has 0 unspecified atom stereocenters. The fraction of sp³-hybridized carbons (Fsp3) is 0.439. The Morgan fingerprint density at radius 1 is 1.03 bits per heavy atom. The number of hydrogen-bond acceptors (Lipinski definition) is 11. The van der Waals surface area contributed by atoms with Gasteiger partial charge in [0.15, 0.2) is 5.82 Å². The molecule has 0 radical (unpaired) electrons. The Hall–Kier alpha value is -5.74. The molecule has 0 spiro atoms. The maximum absolute atomic E-state index is 15.3. The molecule has 22 heteroatoms. The number of rotatable bonds is 9. The maximum atomic E-state index is 15.3. The van der Waals surface area contributed by atoms with E-state index in [4.69, 9.17) is 4.74 Å². The highest BCUT2D eigenvalue weighted by atomic mass is 32.2. The number of benzene rings is 1. The molecule has 3 aromatic heterocycles. The first-order valence-corrected chi connectivity index (χ1v) is 21.4. The number of anilines is 5. The van der Waals surface area contributed by atoms with Crippen LogP contribution in [0.3, 0.4) is 0 Å². The minimum absolute atomic E-state index is 0.0287. The molecule has 2 N–H and O–H groups in total. The topological polar surface area (TPSA) is 164 Å². The maximum Gasteiger partial charge on any atom is 0.501 e. The minimum Gasteiger partial charge on any atom is -0.378 e. The Morgan fingerprint density at radius 2 is 1.76 bits per heavy atom. The lowest BCUT2D eigenvalue weighted by Crippen LogP contribution is -2.60. The van der Waals surface area contributed by atoms with Gasteiger partial charge in [0, 0.05) is 75.2 Å². The van der Waals surface area contributed by atoms with Crippen LogP contribution in [-0.2, 0) is 52.0 Å². The van der Waals surface area contributed by atoms with Crippen LogP contribution >= 0.6 is 0 Å². The largest absolute Gasteiger partial charge is 0.501 e. The van der Waals surface area contributed by atoms with Gasteiger partial charge < -0.3 is 29.4 Å². The van der Waals surface area contributed by atoms with Gasteiger partial charge in [0.1, 0.15) is 22.0 Å². The SMILES string of the molecule is C=CC(=O)Nc1cc(Nc2nc(-c3ccnc(N4CCn5c(cc6c5CC(C)(C)C6)C4=O)c3C(F)(F)F)cn(C)c2=O)cc(S(=O)(=O)C(F)(F)F)c1N1CCN(C2COC2)C[C@@H]1C. The number of piperazine rings is 1. The number of nitrogens with one attached hydrogen (secondary N) is 2. The van der Waals surface area contributed by atoms with Crippen molar-refractivity contribution in [1.29, 1.82) is 0 Å². The normalized spacial score (nSPS) is 19.4. The van der Waals surface area contributed by atoms with E-state index < -0.39 is 95.4 Å². The second kappa shape index (κ2) is 15.5. The van der Waals surface area contributed by atoms with Crippen molar-refractivity contribution in [1.82, 2.24) is 24.0 Å². The van der Waals surface area contributed by atoms with E-state index in [2.05, 4.69) is 45.9 Å². The first-order valence-electron chi connectivity index (χ1n) is 19.9. The van der Waals surface area contributed by atoms with Crippen molar-refractivity contribution in [2.45, 2.75) is 68.8 Å². The van der Waals surface area contributed by atoms with Gasteiger partial charge in [-0.15, -0.1) is 0 Å². The Bertz CT molecular complexity index is 2730. The summed E-state index contributed by atoms with van der Waals surface area (Å²) in [5, 5.41) is 4.92. The number of hydrogen-bond donors (Lipinski definition) is 2. The Kier molecular flexibility index (Phi) is 10.8. The summed E-state index contributed by atoms with van der Waals surface area (Å²) in [6.45, 7) is 11.0. The Balaban J connectivity index is 1.21. The molecule has 2 saturated heterocycles. The van der Waals surface area contributed by atoms with Crippen molar-refractivity contribution in [3.63, 3.8) is 0 Å². The van der Waals surface area contributed by atoms with Crippen molar-refractivity contribution in [3.8, 4) is 11.3 Å². The molecule has 15 nitrogen and oxygen atoms in total. The Labute approximate surface area is 357 Å². The first kappa shape index (κ1) is 43.9. The van der Waals surface area contributed by atoms with Gasteiger partial charge in [0.2, 0.25) is 5.91 Å². The monoisotopic (exact) mass is 903 g/mol. The number of halogens is 6. The zero-order valence-electron chi connectivity index (χ0n) is 34.5. The number of aryl methyl sites for hydroxylation is 1. The smallest absolute Gasteiger partial charge is 0.378 e. The second-order valence-corrected chi connectivity index (χ2v) is 18.8. The molecule has 1 aromatic carbocycles. The van der Waals surface area contributed by atoms with Gasteiger partial charge in [-0.3, -0.25) is 24.2 Å². The fourth-order valence-electron chi connectivity index (χ4n) is 8.88. The van der Waals surface area contributed by atoms with Crippen molar-refractivity contribution in [3.05, 3.63) is 82.2 Å². The van der Waals surface area contributed by atoms with Crippen LogP contribution in [0, 0.1) is 5.41 Å². The number of amides is 2. The molecule has 6 heterocycles. The van der Waals surface area contributed by atoms with Gasteiger partial charge in [0.25, 0.3) is 21.3 Å². The lowest BCUT2D eigenvalue weighted by atomic mass is 9.90. The third-order valence-electron chi connectivity index (χ3n) is 11.9. The van der Waals surface area contributed by atoms with Crippen LogP contribution < -0.4 is 26.0 Å². The molecule has 336 valence electrons. The first-order chi connectivity index (χ1) is 29.5. The van der Waals surface area contributed by atoms with Crippen LogP contribution in [0.2, 0.25) is 0 Å². The van der Waals surface area contributed by atoms with Gasteiger partial charge in [-0.05, 0) is 61.1 Å². The number of sulfone groups is 1. The van der Waals surface area contributed by atoms with E-state index in [0.717, 1.165) is 51.3 Å². The molecule has 3 aliphatic heterocycles. The lowest BCUT2D eigenvalue weighted by Gasteiger charge is -2.47. The van der Waals surface area contributed by atoms with Gasteiger partial charge in [-0.2, -0.15) is 26.3 Å². The fourth-order valence-corrected chi connectivity index (χ4v) is 9.90. The molecule has 2 fully saturated rings. The number of nitrogens with zero attached hydrogens (tertiary/aromatic N) is 7. The van der Waals surface area contributed by atoms with Gasteiger partial charge in [-0.25, -0.2) is 18.4 Å². The predicted molar refractivity (Wildman–Crippen MR) is 220 cm³/mol. The molecule has 63 heavy (non-hydrogen) atoms. The average molecular weight is 904 g/mol. The van der Waals surface area contributed by atoms with E-state index in [1.165, 1.54) is 11.9 Å². The van der Waals surface area contributed by atoms with Crippen molar-refractivity contribution < 1.29 is 49.1 Å². The number of aromatic nitrogens is 4. The number of pyridine rings is 1. The van der Waals surface area contributed by atoms with Gasteiger partial charge >= 0.3 is 11.7 Å². The molecule has 0 bridgehead atoms. The highest BCUT2D eigenvalue weighted by Crippen LogP contribution is 2.46. The lowest BCUT2D eigenvalue weighted by molar-refractivity contribution is -0.136. The molecular weight excluding hydrogens is 861 g/mol. The standard InChI is InChI=1S/C41H43F6N9O6S/c1-6-32(57)50-27-14-24(15-31(63(60,61)41(45,46)47)34(27)54-10-9-53(18-22(54)2)25-20-62-21-25)49-35-38(59)52(5)19-28(51-35)26-7-8-48-36(33(26)40(42,43)44)56-12-11-55-29(37(56)58)13-23-16-39(3,4)17-30(23)55/h6-8,13-15,19,22,25H,1,9-12,16-18,20-21H2,2-5H3,(H,49,51)(H,50,57)/t22-/m0/s1. The molecule has 0 saturated carbocycles. The van der Waals surface area contributed by atoms with Gasteiger partial charge in [-0.1, -0.05) is 20.4 Å². The summed E-state index contributed by atoms with van der Waals surface area (Å²) < 4.78 is 124. The predicted octanol–water partition coefficient (Wildman–Crippen LogP) is 5.52. The van der Waals surface area contributed by atoms with Crippen LogP contribution in [0.25, 0.3) is 11.3 Å². The Morgan fingerprint density at radius 3 is 2.40 bits per heavy atom. The summed E-state index contributed by atoms with van der Waals surface area (Å²) >= 11 is 0. The van der Waals surface area contributed by atoms with E-state index in [-0.39, 0.29) is 36.8 Å². The van der Waals surface area contributed by atoms with Crippen LogP contribution in [0.5, 0.6) is 0 Å². The number of carbonyl (C=O) groups excluding carboxylic acids is 2. The van der Waals surface area contributed by atoms with Crippen LogP contribution in [-0.4, -0.2) is 101 Å². The van der Waals surface area contributed by atoms with Gasteiger partial charge in [0.05, 0.1) is 36.3 Å². The summed E-state index contributed by atoms with van der Waals surface area (Å²) in [7, 11) is -4.98. The van der Waals surface area contributed by atoms with Crippen molar-refractivity contribution >= 4 is 50.3 Å². The van der Waals surface area contributed by atoms with E-state index >= 15 is 13.2 Å². The number of ether oxygens (including phenoxy) is 1. The number of fused-ring (bicyclic) bond motifs is 3. The highest BCUT2D eigenvalue weighted by Gasteiger charge is 2.50. The second-order valence-electron chi connectivity index (χ2n) is 16.9. The summed E-state index contributed by atoms with van der Waals surface area (Å²) in [5.41, 5.74) is -8.37. The van der Waals surface area contributed by atoms with Crippen molar-refractivity contribution in [2.75, 3.05) is 59.8 Å². The summed E-state index contributed by atoms with van der Waals surface area (Å²) in [4.78, 5) is 51.7. The number of carbonyl (C=O) groups is 2. The molecule has 2 amide bonds. The molecule has 4 aliphatic rings. The molecule has 4 aromatic rings. The molecule has 8 rings (SSSR count). The van der Waals surface area contributed by atoms with Crippen LogP contribution in [0.1, 0.15) is 48.1 Å². The van der Waals surface area contributed by atoms with Crippen LogP contribution in [0.15, 0.2) is 59.0 Å². The zero-order chi connectivity index (χ0) is 45.6.